The largest absolute Gasteiger partial charge is 0.495 e. The molecule has 3 heterocycles. The summed E-state index contributed by atoms with van der Waals surface area (Å²) in [6.45, 7) is 2.01. The number of methoxy groups -OCH3 is 1. The van der Waals surface area contributed by atoms with Crippen molar-refractivity contribution in [3.05, 3.63) is 174 Å². The summed E-state index contributed by atoms with van der Waals surface area (Å²) in [4.78, 5) is 38.7. The highest BCUT2D eigenvalue weighted by Gasteiger charge is 2.15. The molecule has 0 fully saturated rings. The van der Waals surface area contributed by atoms with Crippen molar-refractivity contribution in [2.45, 2.75) is 6.92 Å². The number of benzene rings is 6. The van der Waals surface area contributed by atoms with Crippen LogP contribution in [0.4, 0.5) is 17.1 Å². The van der Waals surface area contributed by atoms with Gasteiger partial charge in [-0.25, -0.2) is 14.0 Å². The molecule has 3 amide bonds. The molecule has 0 aliphatic carbocycles. The Morgan fingerprint density at radius 3 is 1.36 bits per heavy atom. The third kappa shape index (κ3) is 11.5. The number of nitrogens with zero attached hydrogens (tertiary/aromatic N) is 13. The molecule has 0 radical (unpaired) electrons. The lowest BCUT2D eigenvalue weighted by molar-refractivity contribution is 0.0990. The summed E-state index contributed by atoms with van der Waals surface area (Å²) in [6.07, 6.45) is 0. The maximum Gasteiger partial charge on any atom is 0.258 e. The van der Waals surface area contributed by atoms with Gasteiger partial charge in [0.05, 0.1) is 12.8 Å². The number of hydrogen-bond donors (Lipinski definition) is 2. The first kappa shape index (κ1) is 45.8. The smallest absolute Gasteiger partial charge is 0.258 e. The number of ether oxygens (including phenoxy) is 1. The van der Waals surface area contributed by atoms with Crippen LogP contribution in [0.3, 0.4) is 0 Å². The van der Waals surface area contributed by atoms with Gasteiger partial charge in [-0.1, -0.05) is 84.4 Å². The Morgan fingerprint density at radius 1 is 0.507 bits per heavy atom. The number of anilines is 3. The number of aromatic nitrogens is 12. The molecule has 0 spiro atoms. The number of amides is 3. The van der Waals surface area contributed by atoms with E-state index >= 15 is 0 Å². The van der Waals surface area contributed by atoms with Crippen LogP contribution in [-0.4, -0.2) is 92.5 Å². The molecule has 19 heteroatoms. The summed E-state index contributed by atoms with van der Waals surface area (Å²) in [5.41, 5.74) is 7.71. The Kier molecular flexibility index (Phi) is 14.6. The Hall–Kier alpha value is -9.26. The van der Waals surface area contributed by atoms with Gasteiger partial charge in [-0.15, -0.1) is 15.3 Å². The van der Waals surface area contributed by atoms with Crippen molar-refractivity contribution in [2.24, 2.45) is 21.1 Å². The predicted octanol–water partition coefficient (Wildman–Crippen LogP) is 6.73. The van der Waals surface area contributed by atoms with E-state index < -0.39 is 0 Å². The summed E-state index contributed by atoms with van der Waals surface area (Å²) in [5.74, 6) is 2.16. The first-order valence-corrected chi connectivity index (χ1v) is 20.6. The van der Waals surface area contributed by atoms with Crippen LogP contribution < -0.4 is 20.3 Å². The Morgan fingerprint density at radius 2 is 0.925 bits per heavy atom. The van der Waals surface area contributed by atoms with Crippen LogP contribution in [0.5, 0.6) is 5.75 Å². The fourth-order valence-corrected chi connectivity index (χ4v) is 6.47. The normalized spacial score (nSPS) is 10.4. The lowest BCUT2D eigenvalue weighted by Gasteiger charge is -2.17. The van der Waals surface area contributed by atoms with E-state index in [1.807, 2.05) is 110 Å². The third-order valence-corrected chi connectivity index (χ3v) is 10.2. The monoisotopic (exact) mass is 895 g/mol. The number of aryl methyl sites for hydroxylation is 4. The molecule has 19 nitrogen and oxygen atoms in total. The zero-order valence-corrected chi connectivity index (χ0v) is 37.4. The molecule has 9 aromatic rings. The Labute approximate surface area is 385 Å². The van der Waals surface area contributed by atoms with Crippen LogP contribution in [0.1, 0.15) is 36.6 Å². The quantitative estimate of drug-likeness (QED) is 0.146. The second-order valence-electron chi connectivity index (χ2n) is 14.8. The van der Waals surface area contributed by atoms with Crippen molar-refractivity contribution in [3.8, 4) is 39.9 Å². The van der Waals surface area contributed by atoms with Gasteiger partial charge in [0.15, 0.2) is 17.5 Å². The average molecular weight is 896 g/mol. The zero-order valence-electron chi connectivity index (χ0n) is 37.4. The molecule has 0 saturated heterocycles. The second-order valence-corrected chi connectivity index (χ2v) is 14.8. The number of nitrogens with one attached hydrogen (secondary N) is 2. The van der Waals surface area contributed by atoms with Gasteiger partial charge in [-0.05, 0) is 111 Å². The number of carbonyl (C=O) groups excluding carboxylic acids is 3. The van der Waals surface area contributed by atoms with Crippen LogP contribution >= 0.6 is 0 Å². The number of hydrogen-bond acceptors (Lipinski definition) is 13. The standard InChI is InChI=1S/C16H15N5O2.2C16H15N5O/c1-21-15(18-19-20-21)11-7-9-12(10-8-11)16(22)17-13-5-3-4-6-14(13)23-2;1-11-3-9-14(10-4-11)17-16(22)13-7-5-12(6-8-13)15-18-19-20-21(15)2;1-20(14-6-4-3-5-7-14)16(22)13-10-8-12(9-11-13)15-17-18-19-21(15)2/h3-10H,1-2H3,(H,17,22);3-10H,1-2H3,(H,17,22);3-11H,1-2H3. The number of carbonyl (C=O) groups is 3. The molecule has 6 aromatic carbocycles. The van der Waals surface area contributed by atoms with Gasteiger partial charge in [0, 0.05) is 72.9 Å². The van der Waals surface area contributed by atoms with Crippen molar-refractivity contribution < 1.29 is 19.1 Å². The van der Waals surface area contributed by atoms with E-state index in [0.717, 1.165) is 33.6 Å². The highest BCUT2D eigenvalue weighted by Crippen LogP contribution is 2.25. The van der Waals surface area contributed by atoms with Gasteiger partial charge >= 0.3 is 0 Å². The van der Waals surface area contributed by atoms with E-state index in [9.17, 15) is 14.4 Å². The highest BCUT2D eigenvalue weighted by atomic mass is 16.5. The highest BCUT2D eigenvalue weighted by molar-refractivity contribution is 6.06. The van der Waals surface area contributed by atoms with Crippen LogP contribution in [0.25, 0.3) is 34.2 Å². The summed E-state index contributed by atoms with van der Waals surface area (Å²) < 4.78 is 9.97. The zero-order chi connectivity index (χ0) is 47.3. The van der Waals surface area contributed by atoms with Gasteiger partial charge in [-0.2, -0.15) is 0 Å². The Balaban J connectivity index is 0.000000149. The van der Waals surface area contributed by atoms with Gasteiger partial charge in [-0.3, -0.25) is 14.4 Å². The van der Waals surface area contributed by atoms with Crippen LogP contribution in [-0.2, 0) is 21.1 Å². The topological polar surface area (TPSA) is 219 Å². The van der Waals surface area contributed by atoms with Crippen LogP contribution in [0.15, 0.2) is 152 Å². The molecule has 0 aliphatic heterocycles. The molecule has 67 heavy (non-hydrogen) atoms. The minimum atomic E-state index is -0.211. The summed E-state index contributed by atoms with van der Waals surface area (Å²) in [6, 6.07) is 46.0. The molecule has 0 aliphatic rings. The molecule has 3 aromatic heterocycles. The molecule has 0 atom stereocenters. The molecule has 0 unspecified atom stereocenters. The first-order valence-electron chi connectivity index (χ1n) is 20.6. The maximum absolute atomic E-state index is 12.5. The SMILES string of the molecule is CN(C(=O)c1ccc(-c2nnnn2C)cc1)c1ccccc1.COc1ccccc1NC(=O)c1ccc(-c2nnnn2C)cc1.Cc1ccc(NC(=O)c2ccc(-c3nnnn3C)cc2)cc1. The van der Waals surface area contributed by atoms with Gasteiger partial charge in [0.2, 0.25) is 0 Å². The summed E-state index contributed by atoms with van der Waals surface area (Å²) >= 11 is 0. The number of para-hydroxylation sites is 3. The Bertz CT molecular complexity index is 3060. The molecular weight excluding hydrogens is 851 g/mol. The minimum Gasteiger partial charge on any atom is -0.495 e. The van der Waals surface area contributed by atoms with E-state index in [0.29, 0.717) is 45.6 Å². The maximum atomic E-state index is 12.5. The van der Waals surface area contributed by atoms with Crippen molar-refractivity contribution in [1.29, 1.82) is 0 Å². The summed E-state index contributed by atoms with van der Waals surface area (Å²) in [7, 11) is 8.63. The fourth-order valence-electron chi connectivity index (χ4n) is 6.47. The third-order valence-electron chi connectivity index (χ3n) is 10.2. The molecular formula is C48H45N15O4. The van der Waals surface area contributed by atoms with Crippen molar-refractivity contribution >= 4 is 34.8 Å². The van der Waals surface area contributed by atoms with Crippen LogP contribution in [0.2, 0.25) is 0 Å². The molecule has 0 saturated carbocycles. The summed E-state index contributed by atoms with van der Waals surface area (Å²) in [5, 5.41) is 39.7. The number of tetrazole rings is 3. The van der Waals surface area contributed by atoms with Crippen LogP contribution in [0, 0.1) is 6.92 Å². The van der Waals surface area contributed by atoms with E-state index in [4.69, 9.17) is 4.74 Å². The van der Waals surface area contributed by atoms with Crippen molar-refractivity contribution in [3.63, 3.8) is 0 Å². The van der Waals surface area contributed by atoms with Gasteiger partial charge in [0.1, 0.15) is 5.75 Å². The molecule has 0 bridgehead atoms. The first-order chi connectivity index (χ1) is 32.5. The predicted molar refractivity (Wildman–Crippen MR) is 252 cm³/mol. The van der Waals surface area contributed by atoms with E-state index in [-0.39, 0.29) is 17.7 Å². The molecule has 9 rings (SSSR count). The van der Waals surface area contributed by atoms with E-state index in [2.05, 4.69) is 57.2 Å². The molecule has 2 N–H and O–H groups in total. The van der Waals surface area contributed by atoms with Gasteiger partial charge in [0.25, 0.3) is 17.7 Å². The average Bonchev–Trinajstić information content (AvgIpc) is 4.13. The van der Waals surface area contributed by atoms with Crippen molar-refractivity contribution in [2.75, 3.05) is 29.7 Å². The second kappa shape index (κ2) is 21.4. The molecule has 336 valence electrons. The lowest BCUT2D eigenvalue weighted by Crippen LogP contribution is -2.26. The van der Waals surface area contributed by atoms with Gasteiger partial charge < -0.3 is 20.3 Å². The minimum absolute atomic E-state index is 0.0613. The van der Waals surface area contributed by atoms with Crippen molar-refractivity contribution in [1.82, 2.24) is 60.6 Å². The van der Waals surface area contributed by atoms with E-state index in [1.165, 1.54) is 0 Å². The fraction of sp³-hybridized carbons (Fsp3) is 0.125. The number of rotatable bonds is 10. The lowest BCUT2D eigenvalue weighted by atomic mass is 10.1. The van der Waals surface area contributed by atoms with E-state index in [1.54, 1.807) is 103 Å².